The lowest BCUT2D eigenvalue weighted by molar-refractivity contribution is -0.136. The average molecular weight is 364 g/mol. The third kappa shape index (κ3) is 4.13. The normalized spacial score (nSPS) is 11.2. The summed E-state index contributed by atoms with van der Waals surface area (Å²) in [5.74, 6) is 0.00584. The van der Waals surface area contributed by atoms with Crippen LogP contribution < -0.4 is 10.6 Å². The second-order valence-electron chi connectivity index (χ2n) is 4.90. The van der Waals surface area contributed by atoms with Crippen LogP contribution in [-0.2, 0) is 6.18 Å². The molecular formula is C16H11F3N4OS. The summed E-state index contributed by atoms with van der Waals surface area (Å²) in [6.07, 6.45) is -4.48. The van der Waals surface area contributed by atoms with Crippen LogP contribution in [0.25, 0.3) is 0 Å². The molecule has 25 heavy (non-hydrogen) atoms. The summed E-state index contributed by atoms with van der Waals surface area (Å²) in [5.41, 5.74) is -0.924. The van der Waals surface area contributed by atoms with Gasteiger partial charge in [0.05, 0.1) is 16.1 Å². The van der Waals surface area contributed by atoms with Crippen LogP contribution in [-0.4, -0.2) is 16.1 Å². The number of thiophene rings is 1. The molecule has 3 rings (SSSR count). The molecule has 2 aromatic heterocycles. The maximum Gasteiger partial charge on any atom is 0.418 e. The Balaban J connectivity index is 1.73. The summed E-state index contributed by atoms with van der Waals surface area (Å²) in [4.78, 5) is 12.4. The molecule has 0 aliphatic heterocycles. The second-order valence-corrected chi connectivity index (χ2v) is 5.85. The SMILES string of the molecule is O=C(Nc1ccc(Nc2ccccc2C(F)(F)F)nn1)c1cccs1. The van der Waals surface area contributed by atoms with E-state index in [-0.39, 0.29) is 23.2 Å². The number of para-hydroxylation sites is 1. The average Bonchev–Trinajstić information content (AvgIpc) is 3.11. The van der Waals surface area contributed by atoms with Gasteiger partial charge in [-0.15, -0.1) is 21.5 Å². The van der Waals surface area contributed by atoms with Crippen molar-refractivity contribution >= 4 is 34.6 Å². The van der Waals surface area contributed by atoms with E-state index in [0.29, 0.717) is 4.88 Å². The van der Waals surface area contributed by atoms with Crippen LogP contribution in [0.2, 0.25) is 0 Å². The third-order valence-corrected chi connectivity index (χ3v) is 4.01. The number of amides is 1. The molecule has 128 valence electrons. The zero-order valence-electron chi connectivity index (χ0n) is 12.5. The van der Waals surface area contributed by atoms with Gasteiger partial charge in [0.2, 0.25) is 0 Å². The predicted octanol–water partition coefficient (Wildman–Crippen LogP) is 4.55. The standard InChI is InChI=1S/C16H11F3N4OS/c17-16(18,19)10-4-1-2-5-11(10)20-13-7-8-14(23-22-13)21-15(24)12-6-3-9-25-12/h1-9H,(H,20,22)(H,21,23,24). The van der Waals surface area contributed by atoms with Gasteiger partial charge in [0.15, 0.2) is 11.6 Å². The van der Waals surface area contributed by atoms with Crippen molar-refractivity contribution in [1.29, 1.82) is 0 Å². The number of anilines is 3. The molecule has 2 heterocycles. The number of benzene rings is 1. The Kier molecular flexibility index (Phi) is 4.66. The monoisotopic (exact) mass is 364 g/mol. The topological polar surface area (TPSA) is 66.9 Å². The van der Waals surface area contributed by atoms with Crippen molar-refractivity contribution in [3.8, 4) is 0 Å². The molecule has 0 aliphatic rings. The first kappa shape index (κ1) is 16.9. The number of carbonyl (C=O) groups excluding carboxylic acids is 1. The molecule has 0 spiro atoms. The van der Waals surface area contributed by atoms with Gasteiger partial charge in [0.1, 0.15) is 0 Å². The van der Waals surface area contributed by atoms with E-state index in [1.807, 2.05) is 0 Å². The fourth-order valence-corrected chi connectivity index (χ4v) is 2.65. The van der Waals surface area contributed by atoms with Crippen molar-refractivity contribution in [3.05, 3.63) is 64.4 Å². The predicted molar refractivity (Wildman–Crippen MR) is 89.0 cm³/mol. The van der Waals surface area contributed by atoms with E-state index < -0.39 is 11.7 Å². The number of aromatic nitrogens is 2. The summed E-state index contributed by atoms with van der Waals surface area (Å²) in [6.45, 7) is 0. The van der Waals surface area contributed by atoms with Crippen molar-refractivity contribution in [2.75, 3.05) is 10.6 Å². The molecular weight excluding hydrogens is 353 g/mol. The number of nitrogens with one attached hydrogen (secondary N) is 2. The number of halogens is 3. The number of rotatable bonds is 4. The highest BCUT2D eigenvalue weighted by molar-refractivity contribution is 7.12. The third-order valence-electron chi connectivity index (χ3n) is 3.15. The van der Waals surface area contributed by atoms with Gasteiger partial charge in [-0.25, -0.2) is 0 Å². The maximum absolute atomic E-state index is 13.0. The zero-order valence-corrected chi connectivity index (χ0v) is 13.4. The van der Waals surface area contributed by atoms with Gasteiger partial charge in [-0.2, -0.15) is 13.2 Å². The van der Waals surface area contributed by atoms with Gasteiger partial charge in [-0.3, -0.25) is 4.79 Å². The Morgan fingerprint density at radius 1 is 0.960 bits per heavy atom. The molecule has 3 aromatic rings. The lowest BCUT2D eigenvalue weighted by Gasteiger charge is -2.13. The molecule has 9 heteroatoms. The van der Waals surface area contributed by atoms with Crippen LogP contribution in [0.1, 0.15) is 15.2 Å². The molecule has 0 radical (unpaired) electrons. The Morgan fingerprint density at radius 3 is 2.32 bits per heavy atom. The van der Waals surface area contributed by atoms with Gasteiger partial charge in [0, 0.05) is 0 Å². The van der Waals surface area contributed by atoms with Crippen molar-refractivity contribution < 1.29 is 18.0 Å². The Bertz CT molecular complexity index is 864. The van der Waals surface area contributed by atoms with E-state index in [4.69, 9.17) is 0 Å². The highest BCUT2D eigenvalue weighted by Crippen LogP contribution is 2.35. The molecule has 2 N–H and O–H groups in total. The van der Waals surface area contributed by atoms with Gasteiger partial charge in [-0.05, 0) is 35.7 Å². The first-order chi connectivity index (χ1) is 11.9. The first-order valence-corrected chi connectivity index (χ1v) is 7.93. The number of hydrogen-bond acceptors (Lipinski definition) is 5. The highest BCUT2D eigenvalue weighted by atomic mass is 32.1. The summed E-state index contributed by atoms with van der Waals surface area (Å²) < 4.78 is 38.9. The van der Waals surface area contributed by atoms with Crippen LogP contribution in [0.15, 0.2) is 53.9 Å². The Hall–Kier alpha value is -2.94. The summed E-state index contributed by atoms with van der Waals surface area (Å²) >= 11 is 1.28. The molecule has 0 fully saturated rings. The first-order valence-electron chi connectivity index (χ1n) is 7.05. The molecule has 0 saturated heterocycles. The molecule has 5 nitrogen and oxygen atoms in total. The van der Waals surface area contributed by atoms with Crippen LogP contribution in [0.5, 0.6) is 0 Å². The van der Waals surface area contributed by atoms with E-state index >= 15 is 0 Å². The second kappa shape index (κ2) is 6.89. The smallest absolute Gasteiger partial charge is 0.338 e. The van der Waals surface area contributed by atoms with E-state index in [1.165, 1.54) is 41.7 Å². The minimum Gasteiger partial charge on any atom is -0.338 e. The van der Waals surface area contributed by atoms with Crippen molar-refractivity contribution in [3.63, 3.8) is 0 Å². The van der Waals surface area contributed by atoms with E-state index in [2.05, 4.69) is 20.8 Å². The largest absolute Gasteiger partial charge is 0.418 e. The molecule has 0 bridgehead atoms. The van der Waals surface area contributed by atoms with Crippen LogP contribution in [0, 0.1) is 0 Å². The minimum atomic E-state index is -4.48. The Labute approximate surface area is 144 Å². The minimum absolute atomic E-state index is 0.125. The lowest BCUT2D eigenvalue weighted by atomic mass is 10.1. The lowest BCUT2D eigenvalue weighted by Crippen LogP contribution is -2.12. The van der Waals surface area contributed by atoms with Crippen LogP contribution in [0.3, 0.4) is 0 Å². The van der Waals surface area contributed by atoms with Gasteiger partial charge in [0.25, 0.3) is 5.91 Å². The molecule has 0 aliphatic carbocycles. The maximum atomic E-state index is 13.0. The number of alkyl halides is 3. The van der Waals surface area contributed by atoms with Gasteiger partial charge >= 0.3 is 6.18 Å². The quantitative estimate of drug-likeness (QED) is 0.713. The molecule has 1 amide bonds. The van der Waals surface area contributed by atoms with Crippen LogP contribution >= 0.6 is 11.3 Å². The zero-order chi connectivity index (χ0) is 17.9. The molecule has 0 saturated carbocycles. The fraction of sp³-hybridized carbons (Fsp3) is 0.0625. The fourth-order valence-electron chi connectivity index (χ4n) is 2.03. The van der Waals surface area contributed by atoms with Gasteiger partial charge < -0.3 is 10.6 Å². The number of carbonyl (C=O) groups is 1. The Morgan fingerprint density at radius 2 is 1.68 bits per heavy atom. The summed E-state index contributed by atoms with van der Waals surface area (Å²) in [5, 5.41) is 14.5. The summed E-state index contributed by atoms with van der Waals surface area (Å²) in [6, 6.07) is 11.4. The molecule has 0 atom stereocenters. The van der Waals surface area contributed by atoms with Gasteiger partial charge in [-0.1, -0.05) is 18.2 Å². The van der Waals surface area contributed by atoms with Crippen LogP contribution in [0.4, 0.5) is 30.5 Å². The van der Waals surface area contributed by atoms with Crippen molar-refractivity contribution in [2.45, 2.75) is 6.18 Å². The molecule has 1 aromatic carbocycles. The van der Waals surface area contributed by atoms with Crippen molar-refractivity contribution in [1.82, 2.24) is 10.2 Å². The van der Waals surface area contributed by atoms with E-state index in [1.54, 1.807) is 17.5 Å². The molecule has 0 unspecified atom stereocenters. The number of hydrogen-bond donors (Lipinski definition) is 2. The van der Waals surface area contributed by atoms with Crippen molar-refractivity contribution in [2.24, 2.45) is 0 Å². The number of nitrogens with zero attached hydrogens (tertiary/aromatic N) is 2. The summed E-state index contributed by atoms with van der Waals surface area (Å²) in [7, 11) is 0. The highest BCUT2D eigenvalue weighted by Gasteiger charge is 2.33. The van der Waals surface area contributed by atoms with E-state index in [9.17, 15) is 18.0 Å². The van der Waals surface area contributed by atoms with E-state index in [0.717, 1.165) is 6.07 Å².